The summed E-state index contributed by atoms with van der Waals surface area (Å²) in [6.07, 6.45) is 2.45. The van der Waals surface area contributed by atoms with Crippen LogP contribution in [0.5, 0.6) is 0 Å². The maximum absolute atomic E-state index is 6.09. The van der Waals surface area contributed by atoms with Gasteiger partial charge in [-0.25, -0.2) is 0 Å². The van der Waals surface area contributed by atoms with Crippen LogP contribution in [-0.2, 0) is 0 Å². The van der Waals surface area contributed by atoms with E-state index in [0.717, 1.165) is 12.5 Å². The number of hydrogen-bond donors (Lipinski definition) is 1. The molecule has 0 saturated heterocycles. The van der Waals surface area contributed by atoms with Gasteiger partial charge in [0.2, 0.25) is 0 Å². The van der Waals surface area contributed by atoms with Crippen molar-refractivity contribution >= 4 is 0 Å². The van der Waals surface area contributed by atoms with Crippen molar-refractivity contribution in [1.29, 1.82) is 0 Å². The zero-order chi connectivity index (χ0) is 11.1. The largest absolute Gasteiger partial charge is 0.326 e. The molecule has 0 aromatic rings. The molecule has 0 aliphatic rings. The van der Waals surface area contributed by atoms with Gasteiger partial charge < -0.3 is 10.6 Å². The first-order valence-corrected chi connectivity index (χ1v) is 5.91. The molecule has 0 amide bonds. The number of nitrogens with zero attached hydrogens (tertiary/aromatic N) is 1. The van der Waals surface area contributed by atoms with Gasteiger partial charge in [-0.2, -0.15) is 0 Å². The van der Waals surface area contributed by atoms with Crippen LogP contribution in [0.15, 0.2) is 0 Å². The van der Waals surface area contributed by atoms with Gasteiger partial charge >= 0.3 is 0 Å². The summed E-state index contributed by atoms with van der Waals surface area (Å²) in [6, 6.07) is 0.331. The Morgan fingerprint density at radius 1 is 1.21 bits per heavy atom. The highest BCUT2D eigenvalue weighted by Gasteiger charge is 2.12. The predicted molar refractivity (Wildman–Crippen MR) is 64.4 cm³/mol. The molecule has 0 spiro atoms. The summed E-state index contributed by atoms with van der Waals surface area (Å²) in [4.78, 5) is 2.36. The Morgan fingerprint density at radius 3 is 2.21 bits per heavy atom. The van der Waals surface area contributed by atoms with Crippen molar-refractivity contribution in [2.24, 2.45) is 17.6 Å². The monoisotopic (exact) mass is 200 g/mol. The summed E-state index contributed by atoms with van der Waals surface area (Å²) < 4.78 is 0. The molecular formula is C12H28N2. The molecule has 0 saturated carbocycles. The zero-order valence-corrected chi connectivity index (χ0v) is 10.6. The molecule has 0 aliphatic carbocycles. The summed E-state index contributed by atoms with van der Waals surface area (Å²) in [7, 11) is 2.17. The van der Waals surface area contributed by atoms with Crippen molar-refractivity contribution < 1.29 is 0 Å². The van der Waals surface area contributed by atoms with Gasteiger partial charge in [0, 0.05) is 12.6 Å². The topological polar surface area (TPSA) is 29.3 Å². The molecule has 0 fully saturated rings. The van der Waals surface area contributed by atoms with E-state index in [4.69, 9.17) is 5.73 Å². The molecule has 2 atom stereocenters. The molecular weight excluding hydrogens is 172 g/mol. The summed E-state index contributed by atoms with van der Waals surface area (Å²) >= 11 is 0. The SMILES string of the molecule is CCC(C)C(N)CN(C)CCC(C)C. The molecule has 0 heterocycles. The number of nitrogens with two attached hydrogens (primary N) is 1. The Labute approximate surface area is 89.9 Å². The molecule has 14 heavy (non-hydrogen) atoms. The van der Waals surface area contributed by atoms with E-state index in [1.807, 2.05) is 0 Å². The fraction of sp³-hybridized carbons (Fsp3) is 1.00. The van der Waals surface area contributed by atoms with E-state index in [0.29, 0.717) is 12.0 Å². The first-order valence-electron chi connectivity index (χ1n) is 5.91. The number of hydrogen-bond acceptors (Lipinski definition) is 2. The third kappa shape index (κ3) is 6.39. The quantitative estimate of drug-likeness (QED) is 0.683. The van der Waals surface area contributed by atoms with Gasteiger partial charge in [-0.05, 0) is 31.8 Å². The molecule has 0 bridgehead atoms. The average molecular weight is 200 g/mol. The lowest BCUT2D eigenvalue weighted by atomic mass is 9.99. The fourth-order valence-electron chi connectivity index (χ4n) is 1.41. The van der Waals surface area contributed by atoms with Crippen LogP contribution in [0.2, 0.25) is 0 Å². The molecule has 0 aromatic carbocycles. The Bertz CT molecular complexity index is 134. The van der Waals surface area contributed by atoms with Gasteiger partial charge in [-0.1, -0.05) is 34.1 Å². The van der Waals surface area contributed by atoms with Gasteiger partial charge in [0.25, 0.3) is 0 Å². The first-order chi connectivity index (χ1) is 6.47. The summed E-state index contributed by atoms with van der Waals surface area (Å²) in [5.74, 6) is 1.42. The Hall–Kier alpha value is -0.0800. The van der Waals surface area contributed by atoms with Gasteiger partial charge in [0.05, 0.1) is 0 Å². The fourth-order valence-corrected chi connectivity index (χ4v) is 1.41. The summed E-state index contributed by atoms with van der Waals surface area (Å²) in [5.41, 5.74) is 6.09. The van der Waals surface area contributed by atoms with Crippen LogP contribution in [0, 0.1) is 11.8 Å². The standard InChI is InChI=1S/C12H28N2/c1-6-11(4)12(13)9-14(5)8-7-10(2)3/h10-12H,6-9,13H2,1-5H3. The van der Waals surface area contributed by atoms with E-state index in [1.165, 1.54) is 19.4 Å². The highest BCUT2D eigenvalue weighted by atomic mass is 15.1. The minimum Gasteiger partial charge on any atom is -0.326 e. The molecule has 2 nitrogen and oxygen atoms in total. The lowest BCUT2D eigenvalue weighted by Crippen LogP contribution is -2.40. The lowest BCUT2D eigenvalue weighted by Gasteiger charge is -2.25. The molecule has 0 aliphatic heterocycles. The van der Waals surface area contributed by atoms with E-state index >= 15 is 0 Å². The molecule has 0 rings (SSSR count). The van der Waals surface area contributed by atoms with Crippen molar-refractivity contribution in [2.75, 3.05) is 20.1 Å². The van der Waals surface area contributed by atoms with Crippen molar-refractivity contribution in [3.8, 4) is 0 Å². The Morgan fingerprint density at radius 2 is 1.79 bits per heavy atom. The maximum Gasteiger partial charge on any atom is 0.0193 e. The second-order valence-corrected chi connectivity index (χ2v) is 4.99. The van der Waals surface area contributed by atoms with Crippen LogP contribution in [0.4, 0.5) is 0 Å². The smallest absolute Gasteiger partial charge is 0.0193 e. The average Bonchev–Trinajstić information content (AvgIpc) is 2.13. The van der Waals surface area contributed by atoms with Gasteiger partial charge in [0.1, 0.15) is 0 Å². The van der Waals surface area contributed by atoms with Crippen LogP contribution in [0.3, 0.4) is 0 Å². The normalized spacial score (nSPS) is 16.3. The van der Waals surface area contributed by atoms with Crippen molar-refractivity contribution in [3.63, 3.8) is 0 Å². The summed E-state index contributed by atoms with van der Waals surface area (Å²) in [6.45, 7) is 11.2. The predicted octanol–water partition coefficient (Wildman–Crippen LogP) is 2.34. The van der Waals surface area contributed by atoms with Crippen LogP contribution in [-0.4, -0.2) is 31.1 Å². The second-order valence-electron chi connectivity index (χ2n) is 4.99. The van der Waals surface area contributed by atoms with E-state index in [2.05, 4.69) is 39.6 Å². The Balaban J connectivity index is 3.65. The number of rotatable bonds is 7. The van der Waals surface area contributed by atoms with Gasteiger partial charge in [-0.3, -0.25) is 0 Å². The van der Waals surface area contributed by atoms with Crippen LogP contribution < -0.4 is 5.73 Å². The molecule has 2 unspecified atom stereocenters. The van der Waals surface area contributed by atoms with E-state index in [1.54, 1.807) is 0 Å². The third-order valence-corrected chi connectivity index (χ3v) is 2.99. The highest BCUT2D eigenvalue weighted by molar-refractivity contribution is 4.71. The third-order valence-electron chi connectivity index (χ3n) is 2.99. The molecule has 2 N–H and O–H groups in total. The van der Waals surface area contributed by atoms with Crippen molar-refractivity contribution in [1.82, 2.24) is 4.90 Å². The zero-order valence-electron chi connectivity index (χ0n) is 10.6. The van der Waals surface area contributed by atoms with Crippen LogP contribution >= 0.6 is 0 Å². The Kier molecular flexibility index (Phi) is 7.20. The van der Waals surface area contributed by atoms with Crippen molar-refractivity contribution in [3.05, 3.63) is 0 Å². The second kappa shape index (κ2) is 7.24. The molecule has 0 aromatic heterocycles. The summed E-state index contributed by atoms with van der Waals surface area (Å²) in [5, 5.41) is 0. The molecule has 2 heteroatoms. The van der Waals surface area contributed by atoms with E-state index in [9.17, 15) is 0 Å². The van der Waals surface area contributed by atoms with Crippen molar-refractivity contribution in [2.45, 2.75) is 46.6 Å². The van der Waals surface area contributed by atoms with Gasteiger partial charge in [0.15, 0.2) is 0 Å². The highest BCUT2D eigenvalue weighted by Crippen LogP contribution is 2.07. The number of likely N-dealkylation sites (N-methyl/N-ethyl adjacent to an activating group) is 1. The van der Waals surface area contributed by atoms with Crippen LogP contribution in [0.25, 0.3) is 0 Å². The minimum absolute atomic E-state index is 0.331. The van der Waals surface area contributed by atoms with E-state index < -0.39 is 0 Å². The molecule has 0 radical (unpaired) electrons. The lowest BCUT2D eigenvalue weighted by molar-refractivity contribution is 0.261. The minimum atomic E-state index is 0.331. The first kappa shape index (κ1) is 13.9. The van der Waals surface area contributed by atoms with Gasteiger partial charge in [-0.15, -0.1) is 0 Å². The van der Waals surface area contributed by atoms with E-state index in [-0.39, 0.29) is 0 Å². The molecule has 86 valence electrons. The van der Waals surface area contributed by atoms with Crippen LogP contribution in [0.1, 0.15) is 40.5 Å². The maximum atomic E-state index is 6.09.